The molecule has 0 atom stereocenters. The van der Waals surface area contributed by atoms with Crippen LogP contribution in [0.5, 0.6) is 0 Å². The Morgan fingerprint density at radius 2 is 1.76 bits per heavy atom. The first kappa shape index (κ1) is 20.7. The van der Waals surface area contributed by atoms with Crippen LogP contribution in [0.1, 0.15) is 23.0 Å². The molecule has 152 valence electrons. The van der Waals surface area contributed by atoms with E-state index in [0.717, 1.165) is 0 Å². The van der Waals surface area contributed by atoms with Crippen molar-refractivity contribution >= 4 is 15.9 Å². The summed E-state index contributed by atoms with van der Waals surface area (Å²) in [6.45, 7) is 2.06. The molecular formula is C20H21FN4O3S. The van der Waals surface area contributed by atoms with Gasteiger partial charge < -0.3 is 5.32 Å². The zero-order chi connectivity index (χ0) is 20.9. The third-order valence-corrected chi connectivity index (χ3v) is 5.75. The SMILES string of the molecule is CCc1c(C(=O)NCCNS(=O)(=O)c2ccccc2)cnn1-c1ccc(F)cc1. The highest BCUT2D eigenvalue weighted by Crippen LogP contribution is 2.16. The van der Waals surface area contributed by atoms with E-state index in [4.69, 9.17) is 0 Å². The number of carbonyl (C=O) groups excluding carboxylic acids is 1. The van der Waals surface area contributed by atoms with E-state index in [0.29, 0.717) is 23.4 Å². The van der Waals surface area contributed by atoms with Gasteiger partial charge in [-0.15, -0.1) is 0 Å². The molecule has 1 amide bonds. The number of nitrogens with one attached hydrogen (secondary N) is 2. The molecule has 29 heavy (non-hydrogen) atoms. The fourth-order valence-electron chi connectivity index (χ4n) is 2.85. The summed E-state index contributed by atoms with van der Waals surface area (Å²) in [6, 6.07) is 13.8. The summed E-state index contributed by atoms with van der Waals surface area (Å²) in [6.07, 6.45) is 1.99. The van der Waals surface area contributed by atoms with Gasteiger partial charge in [-0.3, -0.25) is 4.79 Å². The van der Waals surface area contributed by atoms with Crippen LogP contribution in [0.4, 0.5) is 4.39 Å². The normalized spacial score (nSPS) is 11.4. The molecule has 0 unspecified atom stereocenters. The maximum Gasteiger partial charge on any atom is 0.254 e. The Morgan fingerprint density at radius 3 is 2.41 bits per heavy atom. The van der Waals surface area contributed by atoms with Gasteiger partial charge in [0.05, 0.1) is 28.0 Å². The highest BCUT2D eigenvalue weighted by atomic mass is 32.2. The Morgan fingerprint density at radius 1 is 1.07 bits per heavy atom. The third kappa shape index (κ3) is 4.87. The smallest absolute Gasteiger partial charge is 0.254 e. The van der Waals surface area contributed by atoms with E-state index in [1.807, 2.05) is 6.92 Å². The van der Waals surface area contributed by atoms with Gasteiger partial charge in [0.2, 0.25) is 10.0 Å². The van der Waals surface area contributed by atoms with Gasteiger partial charge in [0.15, 0.2) is 0 Å². The zero-order valence-corrected chi connectivity index (χ0v) is 16.6. The van der Waals surface area contributed by atoms with Crippen LogP contribution in [0.25, 0.3) is 5.69 Å². The fraction of sp³-hybridized carbons (Fsp3) is 0.200. The van der Waals surface area contributed by atoms with Crippen LogP contribution in [0.3, 0.4) is 0 Å². The van der Waals surface area contributed by atoms with Gasteiger partial charge in [-0.25, -0.2) is 22.2 Å². The summed E-state index contributed by atoms with van der Waals surface area (Å²) in [5.74, 6) is -0.705. The number of nitrogens with zero attached hydrogens (tertiary/aromatic N) is 2. The predicted molar refractivity (Wildman–Crippen MR) is 107 cm³/mol. The number of carbonyl (C=O) groups is 1. The summed E-state index contributed by atoms with van der Waals surface area (Å²) in [5, 5.41) is 6.93. The lowest BCUT2D eigenvalue weighted by molar-refractivity contribution is 0.0953. The number of benzene rings is 2. The van der Waals surface area contributed by atoms with Crippen LogP contribution in [0.15, 0.2) is 65.7 Å². The number of rotatable bonds is 8. The Balaban J connectivity index is 1.62. The van der Waals surface area contributed by atoms with Gasteiger partial charge >= 0.3 is 0 Å². The molecule has 0 saturated carbocycles. The van der Waals surface area contributed by atoms with Crippen molar-refractivity contribution in [2.75, 3.05) is 13.1 Å². The maximum atomic E-state index is 13.1. The summed E-state index contributed by atoms with van der Waals surface area (Å²) < 4.78 is 41.5. The fourth-order valence-corrected chi connectivity index (χ4v) is 3.90. The number of sulfonamides is 1. The van der Waals surface area contributed by atoms with Crippen LogP contribution >= 0.6 is 0 Å². The number of amides is 1. The molecule has 0 saturated heterocycles. The molecule has 9 heteroatoms. The summed E-state index contributed by atoms with van der Waals surface area (Å²) in [5.41, 5.74) is 1.72. The molecule has 2 aromatic carbocycles. The molecule has 0 aliphatic rings. The zero-order valence-electron chi connectivity index (χ0n) is 15.8. The van der Waals surface area contributed by atoms with Gasteiger partial charge in [0.1, 0.15) is 5.82 Å². The standard InChI is InChI=1S/C20H21FN4O3S/c1-2-19-18(14-23-25(19)16-10-8-15(21)9-11-16)20(26)22-12-13-24-29(27,28)17-6-4-3-5-7-17/h3-11,14,24H,2,12-13H2,1H3,(H,22,26). The molecular weight excluding hydrogens is 395 g/mol. The van der Waals surface area contributed by atoms with Crippen molar-refractivity contribution in [1.82, 2.24) is 19.8 Å². The second-order valence-corrected chi connectivity index (χ2v) is 7.98. The molecule has 1 aromatic heterocycles. The molecule has 3 rings (SSSR count). The Hall–Kier alpha value is -3.04. The average molecular weight is 416 g/mol. The van der Waals surface area contributed by atoms with Gasteiger partial charge in [0, 0.05) is 13.1 Å². The topological polar surface area (TPSA) is 93.1 Å². The first-order valence-corrected chi connectivity index (χ1v) is 10.6. The van der Waals surface area contributed by atoms with Crippen molar-refractivity contribution in [3.63, 3.8) is 0 Å². The van der Waals surface area contributed by atoms with Crippen molar-refractivity contribution in [3.05, 3.63) is 77.9 Å². The van der Waals surface area contributed by atoms with Crippen LogP contribution < -0.4 is 10.0 Å². The van der Waals surface area contributed by atoms with Gasteiger partial charge in [-0.05, 0) is 42.8 Å². The van der Waals surface area contributed by atoms with Crippen molar-refractivity contribution in [3.8, 4) is 5.69 Å². The average Bonchev–Trinajstić information content (AvgIpc) is 3.16. The first-order chi connectivity index (χ1) is 13.9. The maximum absolute atomic E-state index is 13.1. The summed E-state index contributed by atoms with van der Waals surface area (Å²) >= 11 is 0. The number of hydrogen-bond donors (Lipinski definition) is 2. The minimum atomic E-state index is -3.62. The molecule has 0 aliphatic carbocycles. The van der Waals surface area contributed by atoms with Crippen LogP contribution in [0.2, 0.25) is 0 Å². The van der Waals surface area contributed by atoms with Crippen LogP contribution in [-0.4, -0.2) is 37.2 Å². The Bertz CT molecular complexity index is 1080. The lowest BCUT2D eigenvalue weighted by Gasteiger charge is -2.09. The Kier molecular flexibility index (Phi) is 6.40. The molecule has 2 N–H and O–H groups in total. The molecule has 0 aliphatic heterocycles. The van der Waals surface area contributed by atoms with Crippen molar-refractivity contribution in [2.24, 2.45) is 0 Å². The van der Waals surface area contributed by atoms with Gasteiger partial charge in [0.25, 0.3) is 5.91 Å². The third-order valence-electron chi connectivity index (χ3n) is 4.28. The number of hydrogen-bond acceptors (Lipinski definition) is 4. The second-order valence-electron chi connectivity index (χ2n) is 6.21. The quantitative estimate of drug-likeness (QED) is 0.551. The van der Waals surface area contributed by atoms with E-state index in [1.165, 1.54) is 30.5 Å². The van der Waals surface area contributed by atoms with E-state index in [1.54, 1.807) is 35.0 Å². The minimum absolute atomic E-state index is 0.0521. The molecule has 0 spiro atoms. The summed E-state index contributed by atoms with van der Waals surface area (Å²) in [4.78, 5) is 12.7. The van der Waals surface area contributed by atoms with E-state index in [9.17, 15) is 17.6 Å². The van der Waals surface area contributed by atoms with Crippen LogP contribution in [0, 0.1) is 5.82 Å². The molecule has 7 nitrogen and oxygen atoms in total. The first-order valence-electron chi connectivity index (χ1n) is 9.08. The van der Waals surface area contributed by atoms with Crippen molar-refractivity contribution in [2.45, 2.75) is 18.2 Å². The summed E-state index contributed by atoms with van der Waals surface area (Å²) in [7, 11) is -3.62. The second kappa shape index (κ2) is 8.97. The Labute approximate surface area is 168 Å². The number of halogens is 1. The largest absolute Gasteiger partial charge is 0.351 e. The predicted octanol–water partition coefficient (Wildman–Crippen LogP) is 2.28. The van der Waals surface area contributed by atoms with Crippen molar-refractivity contribution in [1.29, 1.82) is 0 Å². The van der Waals surface area contributed by atoms with Gasteiger partial charge in [-0.1, -0.05) is 25.1 Å². The highest BCUT2D eigenvalue weighted by Gasteiger charge is 2.17. The molecule has 0 radical (unpaired) electrons. The molecule has 0 fully saturated rings. The highest BCUT2D eigenvalue weighted by molar-refractivity contribution is 7.89. The van der Waals surface area contributed by atoms with E-state index < -0.39 is 10.0 Å². The van der Waals surface area contributed by atoms with Crippen LogP contribution in [-0.2, 0) is 16.4 Å². The minimum Gasteiger partial charge on any atom is -0.351 e. The number of aromatic nitrogens is 2. The molecule has 3 aromatic rings. The van der Waals surface area contributed by atoms with E-state index >= 15 is 0 Å². The van der Waals surface area contributed by atoms with Crippen molar-refractivity contribution < 1.29 is 17.6 Å². The lowest BCUT2D eigenvalue weighted by atomic mass is 10.2. The van der Waals surface area contributed by atoms with Gasteiger partial charge in [-0.2, -0.15) is 5.10 Å². The van der Waals surface area contributed by atoms with E-state index in [-0.39, 0.29) is 29.7 Å². The molecule has 1 heterocycles. The molecule has 0 bridgehead atoms. The lowest BCUT2D eigenvalue weighted by Crippen LogP contribution is -2.35. The van der Waals surface area contributed by atoms with E-state index in [2.05, 4.69) is 15.1 Å². The monoisotopic (exact) mass is 416 g/mol.